The molecule has 0 aromatic heterocycles. The van der Waals surface area contributed by atoms with Gasteiger partial charge in [0.2, 0.25) is 11.8 Å². The molecule has 10 heteroatoms. The second kappa shape index (κ2) is 12.4. The zero-order valence-corrected chi connectivity index (χ0v) is 24.9. The molecule has 0 spiro atoms. The molecule has 0 fully saturated rings. The third-order valence-electron chi connectivity index (χ3n) is 5.97. The van der Waals surface area contributed by atoms with Crippen molar-refractivity contribution in [1.82, 2.24) is 10.2 Å². The van der Waals surface area contributed by atoms with E-state index in [2.05, 4.69) is 5.32 Å². The molecular weight excluding hydrogens is 557 g/mol. The largest absolute Gasteiger partial charge is 0.350 e. The van der Waals surface area contributed by atoms with Crippen molar-refractivity contribution in [2.24, 2.45) is 0 Å². The van der Waals surface area contributed by atoms with Crippen LogP contribution in [0.1, 0.15) is 38.8 Å². The fourth-order valence-corrected chi connectivity index (χ4v) is 5.83. The molecule has 208 valence electrons. The average Bonchev–Trinajstić information content (AvgIpc) is 2.86. The van der Waals surface area contributed by atoms with Gasteiger partial charge in [-0.2, -0.15) is 0 Å². The SMILES string of the molecule is Cc1cc(Cl)ccc1N(CC(=O)N(Cc1ccc(Cl)cc1)[C@H](C)C(=O)NC(C)(C)C)S(=O)(=O)c1ccccc1. The first-order valence-electron chi connectivity index (χ1n) is 12.4. The summed E-state index contributed by atoms with van der Waals surface area (Å²) >= 11 is 12.2. The van der Waals surface area contributed by atoms with Crippen molar-refractivity contribution in [3.63, 3.8) is 0 Å². The van der Waals surface area contributed by atoms with Gasteiger partial charge in [-0.25, -0.2) is 8.42 Å². The summed E-state index contributed by atoms with van der Waals surface area (Å²) in [6, 6.07) is 18.7. The van der Waals surface area contributed by atoms with Crippen LogP contribution in [0.3, 0.4) is 0 Å². The number of nitrogens with zero attached hydrogens (tertiary/aromatic N) is 2. The van der Waals surface area contributed by atoms with E-state index in [0.29, 0.717) is 21.3 Å². The standard InChI is InChI=1S/C29H33Cl2N3O4S/c1-20-17-24(31)15-16-26(20)34(39(37,38)25-9-7-6-8-10-25)19-27(35)33(18-22-11-13-23(30)14-12-22)21(2)28(36)32-29(3,4)5/h6-17,21H,18-19H2,1-5H3,(H,32,36)/t21-/m1/s1. The fraction of sp³-hybridized carbons (Fsp3) is 0.310. The van der Waals surface area contributed by atoms with Gasteiger partial charge in [-0.3, -0.25) is 13.9 Å². The molecule has 0 saturated heterocycles. The second-order valence-corrected chi connectivity index (χ2v) is 13.1. The highest BCUT2D eigenvalue weighted by atomic mass is 35.5. The number of carbonyl (C=O) groups is 2. The number of hydrogen-bond donors (Lipinski definition) is 1. The van der Waals surface area contributed by atoms with Gasteiger partial charge in [0.25, 0.3) is 10.0 Å². The van der Waals surface area contributed by atoms with Gasteiger partial charge in [0.15, 0.2) is 0 Å². The van der Waals surface area contributed by atoms with E-state index in [1.54, 1.807) is 74.5 Å². The molecule has 1 N–H and O–H groups in total. The van der Waals surface area contributed by atoms with E-state index in [-0.39, 0.29) is 17.3 Å². The highest BCUT2D eigenvalue weighted by Gasteiger charge is 2.33. The number of anilines is 1. The van der Waals surface area contributed by atoms with Crippen LogP contribution < -0.4 is 9.62 Å². The van der Waals surface area contributed by atoms with Crippen LogP contribution in [-0.2, 0) is 26.2 Å². The molecule has 7 nitrogen and oxygen atoms in total. The molecule has 1 atom stereocenters. The van der Waals surface area contributed by atoms with Crippen LogP contribution in [0, 0.1) is 6.92 Å². The van der Waals surface area contributed by atoms with Crippen molar-refractivity contribution in [3.05, 3.63) is 94.0 Å². The summed E-state index contributed by atoms with van der Waals surface area (Å²) in [5.41, 5.74) is 1.11. The van der Waals surface area contributed by atoms with Gasteiger partial charge in [0.05, 0.1) is 10.6 Å². The van der Waals surface area contributed by atoms with Crippen molar-refractivity contribution in [3.8, 4) is 0 Å². The first kappa shape index (κ1) is 30.5. The van der Waals surface area contributed by atoms with Crippen LogP contribution in [0.25, 0.3) is 0 Å². The Bertz CT molecular complexity index is 1420. The van der Waals surface area contributed by atoms with E-state index < -0.39 is 34.1 Å². The number of sulfonamides is 1. The van der Waals surface area contributed by atoms with Crippen molar-refractivity contribution < 1.29 is 18.0 Å². The van der Waals surface area contributed by atoms with Crippen molar-refractivity contribution >= 4 is 50.7 Å². The van der Waals surface area contributed by atoms with Crippen LogP contribution in [0.15, 0.2) is 77.7 Å². The highest BCUT2D eigenvalue weighted by molar-refractivity contribution is 7.92. The summed E-state index contributed by atoms with van der Waals surface area (Å²) in [7, 11) is -4.15. The number of rotatable bonds is 9. The minimum Gasteiger partial charge on any atom is -0.350 e. The molecular formula is C29H33Cl2N3O4S. The number of carbonyl (C=O) groups excluding carboxylic acids is 2. The fourth-order valence-electron chi connectivity index (χ4n) is 3.97. The monoisotopic (exact) mass is 589 g/mol. The smallest absolute Gasteiger partial charge is 0.264 e. The summed E-state index contributed by atoms with van der Waals surface area (Å²) in [5.74, 6) is -0.902. The Morgan fingerprint density at radius 2 is 1.51 bits per heavy atom. The maximum atomic E-state index is 14.0. The number of hydrogen-bond acceptors (Lipinski definition) is 4. The number of amides is 2. The van der Waals surface area contributed by atoms with Crippen LogP contribution >= 0.6 is 23.2 Å². The van der Waals surface area contributed by atoms with E-state index in [1.165, 1.54) is 17.0 Å². The third-order valence-corrected chi connectivity index (χ3v) is 8.23. The van der Waals surface area contributed by atoms with Crippen molar-refractivity contribution in [2.45, 2.75) is 57.6 Å². The van der Waals surface area contributed by atoms with E-state index in [9.17, 15) is 18.0 Å². The lowest BCUT2D eigenvalue weighted by Gasteiger charge is -2.33. The van der Waals surface area contributed by atoms with E-state index >= 15 is 0 Å². The molecule has 0 bridgehead atoms. The molecule has 0 aliphatic rings. The van der Waals surface area contributed by atoms with E-state index in [4.69, 9.17) is 23.2 Å². The molecule has 2 amide bonds. The third kappa shape index (κ3) is 7.97. The van der Waals surface area contributed by atoms with Gasteiger partial charge in [-0.05, 0) is 88.2 Å². The van der Waals surface area contributed by atoms with E-state index in [0.717, 1.165) is 9.87 Å². The number of halogens is 2. The summed E-state index contributed by atoms with van der Waals surface area (Å²) in [5, 5.41) is 3.88. The molecule has 3 aromatic rings. The quantitative estimate of drug-likeness (QED) is 0.340. The van der Waals surface area contributed by atoms with Gasteiger partial charge >= 0.3 is 0 Å². The summed E-state index contributed by atoms with van der Waals surface area (Å²) in [6.07, 6.45) is 0. The number of nitrogens with one attached hydrogen (secondary N) is 1. The molecule has 39 heavy (non-hydrogen) atoms. The Labute approximate surface area is 240 Å². The minimum absolute atomic E-state index is 0.0370. The molecule has 3 rings (SSSR count). The van der Waals surface area contributed by atoms with Gasteiger partial charge in [0.1, 0.15) is 12.6 Å². The molecule has 0 aliphatic carbocycles. The van der Waals surface area contributed by atoms with Gasteiger partial charge in [0, 0.05) is 22.1 Å². The highest BCUT2D eigenvalue weighted by Crippen LogP contribution is 2.29. The Balaban J connectivity index is 2.05. The molecule has 0 unspecified atom stereocenters. The predicted molar refractivity (Wildman–Crippen MR) is 157 cm³/mol. The van der Waals surface area contributed by atoms with E-state index in [1.807, 2.05) is 20.8 Å². The average molecular weight is 591 g/mol. The minimum atomic E-state index is -4.15. The Morgan fingerprint density at radius 1 is 0.923 bits per heavy atom. The Hall–Kier alpha value is -3.07. The predicted octanol–water partition coefficient (Wildman–Crippen LogP) is 5.83. The van der Waals surface area contributed by atoms with Crippen molar-refractivity contribution in [2.75, 3.05) is 10.8 Å². The molecule has 0 radical (unpaired) electrons. The Kier molecular flexibility index (Phi) is 9.69. The van der Waals surface area contributed by atoms with Crippen LogP contribution in [0.4, 0.5) is 5.69 Å². The maximum Gasteiger partial charge on any atom is 0.264 e. The Morgan fingerprint density at radius 3 is 2.08 bits per heavy atom. The lowest BCUT2D eigenvalue weighted by Crippen LogP contribution is -2.54. The molecule has 0 aliphatic heterocycles. The summed E-state index contributed by atoms with van der Waals surface area (Å²) in [6.45, 7) is 8.44. The molecule has 0 heterocycles. The summed E-state index contributed by atoms with van der Waals surface area (Å²) < 4.78 is 28.8. The summed E-state index contributed by atoms with van der Waals surface area (Å²) in [4.78, 5) is 28.5. The maximum absolute atomic E-state index is 14.0. The molecule has 3 aromatic carbocycles. The number of benzene rings is 3. The molecule has 0 saturated carbocycles. The normalized spacial score (nSPS) is 12.5. The first-order chi connectivity index (χ1) is 18.2. The number of aryl methyl sites for hydroxylation is 1. The second-order valence-electron chi connectivity index (χ2n) is 10.3. The lowest BCUT2D eigenvalue weighted by molar-refractivity contribution is -0.140. The topological polar surface area (TPSA) is 86.8 Å². The zero-order chi connectivity index (χ0) is 29.0. The van der Waals surface area contributed by atoms with Crippen LogP contribution in [0.2, 0.25) is 10.0 Å². The van der Waals surface area contributed by atoms with Crippen molar-refractivity contribution in [1.29, 1.82) is 0 Å². The zero-order valence-electron chi connectivity index (χ0n) is 22.6. The van der Waals surface area contributed by atoms with Gasteiger partial charge < -0.3 is 10.2 Å². The van der Waals surface area contributed by atoms with Gasteiger partial charge in [-0.1, -0.05) is 53.5 Å². The first-order valence-corrected chi connectivity index (χ1v) is 14.6. The van der Waals surface area contributed by atoms with Gasteiger partial charge in [-0.15, -0.1) is 0 Å². The lowest BCUT2D eigenvalue weighted by atomic mass is 10.1. The van der Waals surface area contributed by atoms with Crippen LogP contribution in [-0.4, -0.2) is 43.3 Å². The van der Waals surface area contributed by atoms with Crippen LogP contribution in [0.5, 0.6) is 0 Å².